The van der Waals surface area contributed by atoms with E-state index < -0.39 is 11.9 Å². The Morgan fingerprint density at radius 2 is 1.21 bits per heavy atom. The van der Waals surface area contributed by atoms with Gasteiger partial charge in [-0.3, -0.25) is 9.59 Å². The first-order chi connectivity index (χ1) is 6.70. The highest BCUT2D eigenvalue weighted by Gasteiger charge is 1.99. The molecule has 0 radical (unpaired) electrons. The van der Waals surface area contributed by atoms with Gasteiger partial charge in [-0.25, -0.2) is 9.59 Å². The highest BCUT2D eigenvalue weighted by Crippen LogP contribution is 1.80. The van der Waals surface area contributed by atoms with Crippen LogP contribution in [0.15, 0.2) is 12.2 Å². The summed E-state index contributed by atoms with van der Waals surface area (Å²) in [5.41, 5.74) is 3.22. The van der Waals surface area contributed by atoms with Crippen LogP contribution in [0.1, 0.15) is 0 Å². The third-order valence-corrected chi connectivity index (χ3v) is 0.771. The number of amides is 2. The summed E-state index contributed by atoms with van der Waals surface area (Å²) in [7, 11) is 0. The van der Waals surface area contributed by atoms with Gasteiger partial charge in [0.1, 0.15) is 0 Å². The van der Waals surface area contributed by atoms with Crippen molar-refractivity contribution >= 4 is 24.8 Å². The minimum atomic E-state index is -0.972. The number of carbonyl (C=O) groups is 4. The Morgan fingerprint density at radius 1 is 0.857 bits per heavy atom. The van der Waals surface area contributed by atoms with Crippen molar-refractivity contribution in [2.45, 2.75) is 0 Å². The molecular weight excluding hydrogens is 196 g/mol. The van der Waals surface area contributed by atoms with Crippen molar-refractivity contribution in [3.63, 3.8) is 0 Å². The first-order valence-electron chi connectivity index (χ1n) is 3.18. The summed E-state index contributed by atoms with van der Waals surface area (Å²) in [5, 5.41) is 0. The van der Waals surface area contributed by atoms with E-state index in [4.69, 9.17) is 0 Å². The third-order valence-electron chi connectivity index (χ3n) is 0.771. The van der Waals surface area contributed by atoms with Gasteiger partial charge >= 0.3 is 11.9 Å². The Hall–Kier alpha value is -2.38. The smallest absolute Gasteiger partial charge is 0.336 e. The van der Waals surface area contributed by atoms with Gasteiger partial charge in [-0.1, -0.05) is 0 Å². The van der Waals surface area contributed by atoms with Crippen LogP contribution in [0.5, 0.6) is 0 Å². The van der Waals surface area contributed by atoms with Crippen LogP contribution in [0, 0.1) is 0 Å². The van der Waals surface area contributed by atoms with E-state index >= 15 is 0 Å². The number of hydrogen-bond donors (Lipinski definition) is 2. The molecule has 0 aliphatic rings. The van der Waals surface area contributed by atoms with Crippen LogP contribution < -0.4 is 11.0 Å². The fourth-order valence-electron chi connectivity index (χ4n) is 0.368. The summed E-state index contributed by atoms with van der Waals surface area (Å²) in [6.45, 7) is 0. The molecule has 0 saturated carbocycles. The lowest BCUT2D eigenvalue weighted by molar-refractivity contribution is -0.151. The van der Waals surface area contributed by atoms with E-state index in [1.807, 2.05) is 0 Å². The lowest BCUT2D eigenvalue weighted by Crippen LogP contribution is -2.18. The number of hydrogen-bond acceptors (Lipinski definition) is 6. The number of hydroxylamine groups is 2. The average molecular weight is 202 g/mol. The molecule has 76 valence electrons. The van der Waals surface area contributed by atoms with Gasteiger partial charge in [0.15, 0.2) is 0 Å². The fourth-order valence-corrected chi connectivity index (χ4v) is 0.368. The summed E-state index contributed by atoms with van der Waals surface area (Å²) in [4.78, 5) is 48.4. The monoisotopic (exact) mass is 202 g/mol. The van der Waals surface area contributed by atoms with Gasteiger partial charge in [0.25, 0.3) is 0 Å². The lowest BCUT2D eigenvalue weighted by Gasteiger charge is -1.95. The Morgan fingerprint density at radius 3 is 1.50 bits per heavy atom. The van der Waals surface area contributed by atoms with E-state index in [0.29, 0.717) is 12.2 Å². The molecule has 2 N–H and O–H groups in total. The van der Waals surface area contributed by atoms with Crippen LogP contribution in [0.25, 0.3) is 0 Å². The molecule has 2 amide bonds. The summed E-state index contributed by atoms with van der Waals surface area (Å²) in [6.07, 6.45) is 1.67. The van der Waals surface area contributed by atoms with Gasteiger partial charge in [0.05, 0.1) is 0 Å². The summed E-state index contributed by atoms with van der Waals surface area (Å²) in [6, 6.07) is 0. The lowest BCUT2D eigenvalue weighted by atomic mass is 10.5. The maximum Gasteiger partial charge on any atom is 0.356 e. The third kappa shape index (κ3) is 6.34. The van der Waals surface area contributed by atoms with Crippen LogP contribution in [-0.4, -0.2) is 24.8 Å². The highest BCUT2D eigenvalue weighted by molar-refractivity contribution is 5.91. The van der Waals surface area contributed by atoms with Gasteiger partial charge in [0, 0.05) is 12.2 Å². The van der Waals surface area contributed by atoms with E-state index in [1.54, 1.807) is 11.0 Å². The zero-order valence-corrected chi connectivity index (χ0v) is 6.76. The SMILES string of the molecule is O=CNOC(=O)/C=C\C(=O)ONC=O. The van der Waals surface area contributed by atoms with Gasteiger partial charge in [-0.05, 0) is 0 Å². The zero-order valence-electron chi connectivity index (χ0n) is 6.76. The number of nitrogens with one attached hydrogen (secondary N) is 2. The van der Waals surface area contributed by atoms with Crippen molar-refractivity contribution in [3.05, 3.63) is 12.2 Å². The van der Waals surface area contributed by atoms with Crippen LogP contribution >= 0.6 is 0 Å². The molecule has 0 aliphatic heterocycles. The zero-order chi connectivity index (χ0) is 10.8. The fraction of sp³-hybridized carbons (Fsp3) is 0. The molecule has 0 bridgehead atoms. The van der Waals surface area contributed by atoms with Crippen molar-refractivity contribution in [1.82, 2.24) is 11.0 Å². The molecule has 0 unspecified atom stereocenters. The molecule has 0 atom stereocenters. The number of carbonyl (C=O) groups excluding carboxylic acids is 4. The molecular formula is C6H6N2O6. The maximum absolute atomic E-state index is 10.6. The second-order valence-electron chi connectivity index (χ2n) is 1.65. The normalized spacial score (nSPS) is 8.86. The molecule has 0 aliphatic carbocycles. The summed E-state index contributed by atoms with van der Waals surface area (Å²) in [5.74, 6) is -1.94. The second kappa shape index (κ2) is 7.28. The van der Waals surface area contributed by atoms with E-state index in [2.05, 4.69) is 9.68 Å². The van der Waals surface area contributed by atoms with E-state index in [-0.39, 0.29) is 12.8 Å². The maximum atomic E-state index is 10.6. The van der Waals surface area contributed by atoms with Crippen molar-refractivity contribution in [2.24, 2.45) is 0 Å². The van der Waals surface area contributed by atoms with Crippen molar-refractivity contribution < 1.29 is 28.9 Å². The standard InChI is InChI=1S/C6H6N2O6/c9-3-7-13-5(11)1-2-6(12)14-8-4-10/h1-4H,(H,7,9)(H,8,10)/b2-1-. The molecule has 0 saturated heterocycles. The Labute approximate surface area is 77.8 Å². The van der Waals surface area contributed by atoms with Gasteiger partial charge in [0.2, 0.25) is 12.8 Å². The molecule has 0 aromatic carbocycles. The second-order valence-corrected chi connectivity index (χ2v) is 1.65. The Bertz CT molecular complexity index is 235. The molecule has 0 rings (SSSR count). The van der Waals surface area contributed by atoms with E-state index in [1.165, 1.54) is 0 Å². The van der Waals surface area contributed by atoms with Gasteiger partial charge in [-0.2, -0.15) is 11.0 Å². The first kappa shape index (κ1) is 11.6. The van der Waals surface area contributed by atoms with Crippen LogP contribution in [-0.2, 0) is 28.9 Å². The minimum Gasteiger partial charge on any atom is -0.336 e. The van der Waals surface area contributed by atoms with Crippen LogP contribution in [0.2, 0.25) is 0 Å². The molecule has 8 nitrogen and oxygen atoms in total. The predicted molar refractivity (Wildman–Crippen MR) is 39.7 cm³/mol. The van der Waals surface area contributed by atoms with E-state index in [0.717, 1.165) is 0 Å². The van der Waals surface area contributed by atoms with Crippen molar-refractivity contribution in [3.8, 4) is 0 Å². The molecule has 0 heterocycles. The predicted octanol–water partition coefficient (Wildman–Crippen LogP) is -2.05. The molecule has 0 aromatic rings. The van der Waals surface area contributed by atoms with E-state index in [9.17, 15) is 19.2 Å². The van der Waals surface area contributed by atoms with Gasteiger partial charge < -0.3 is 9.68 Å². The summed E-state index contributed by atoms with van der Waals surface area (Å²) < 4.78 is 0. The first-order valence-corrected chi connectivity index (χ1v) is 3.18. The van der Waals surface area contributed by atoms with Crippen molar-refractivity contribution in [2.75, 3.05) is 0 Å². The largest absolute Gasteiger partial charge is 0.356 e. The van der Waals surface area contributed by atoms with Crippen LogP contribution in [0.3, 0.4) is 0 Å². The minimum absolute atomic E-state index is 0.137. The summed E-state index contributed by atoms with van der Waals surface area (Å²) >= 11 is 0. The molecule has 8 heteroatoms. The Balaban J connectivity index is 3.78. The van der Waals surface area contributed by atoms with Crippen LogP contribution in [0.4, 0.5) is 0 Å². The average Bonchev–Trinajstić information content (AvgIpc) is 2.20. The molecule has 14 heavy (non-hydrogen) atoms. The molecule has 0 aromatic heterocycles. The number of rotatable bonds is 6. The van der Waals surface area contributed by atoms with Gasteiger partial charge in [-0.15, -0.1) is 0 Å². The quantitative estimate of drug-likeness (QED) is 0.291. The highest BCUT2D eigenvalue weighted by atomic mass is 16.7. The molecule has 0 spiro atoms. The van der Waals surface area contributed by atoms with Crippen molar-refractivity contribution in [1.29, 1.82) is 0 Å². The Kier molecular flexibility index (Phi) is 6.04. The molecule has 0 fully saturated rings. The topological polar surface area (TPSA) is 111 Å².